The fourth-order valence-electron chi connectivity index (χ4n) is 2.95. The Kier molecular flexibility index (Phi) is 4.47. The van der Waals surface area contributed by atoms with Crippen molar-refractivity contribution in [2.75, 3.05) is 11.4 Å². The molecule has 1 amide bonds. The van der Waals surface area contributed by atoms with Crippen LogP contribution in [0.2, 0.25) is 0 Å². The molecule has 0 bridgehead atoms. The Bertz CT molecular complexity index is 805. The third kappa shape index (κ3) is 3.14. The molecular formula is C20H22N2O. The van der Waals surface area contributed by atoms with Gasteiger partial charge in [-0.3, -0.25) is 4.79 Å². The molecule has 2 aromatic carbocycles. The molecule has 0 radical (unpaired) electrons. The van der Waals surface area contributed by atoms with Gasteiger partial charge in [-0.1, -0.05) is 31.2 Å². The Labute approximate surface area is 137 Å². The zero-order chi connectivity index (χ0) is 16.2. The van der Waals surface area contributed by atoms with Crippen molar-refractivity contribution < 1.29 is 4.79 Å². The molecule has 0 unspecified atom stereocenters. The fraction of sp³-hybridized carbons (Fsp3) is 0.250. The van der Waals surface area contributed by atoms with Crippen LogP contribution in [0.15, 0.2) is 60.8 Å². The van der Waals surface area contributed by atoms with Gasteiger partial charge in [0.05, 0.1) is 0 Å². The van der Waals surface area contributed by atoms with E-state index in [4.69, 9.17) is 0 Å². The van der Waals surface area contributed by atoms with E-state index in [1.165, 1.54) is 10.9 Å². The van der Waals surface area contributed by atoms with Gasteiger partial charge in [-0.2, -0.15) is 0 Å². The highest BCUT2D eigenvalue weighted by molar-refractivity contribution is 5.94. The van der Waals surface area contributed by atoms with Crippen LogP contribution >= 0.6 is 0 Å². The van der Waals surface area contributed by atoms with Crippen molar-refractivity contribution in [1.82, 2.24) is 4.57 Å². The van der Waals surface area contributed by atoms with E-state index in [1.807, 2.05) is 52.9 Å². The molecule has 0 aliphatic carbocycles. The van der Waals surface area contributed by atoms with Crippen LogP contribution in [0.25, 0.3) is 10.9 Å². The summed E-state index contributed by atoms with van der Waals surface area (Å²) in [4.78, 5) is 14.5. The smallest absolute Gasteiger partial charge is 0.246 e. The average Bonchev–Trinajstić information content (AvgIpc) is 2.98. The fourth-order valence-corrected chi connectivity index (χ4v) is 2.95. The zero-order valence-corrected chi connectivity index (χ0v) is 13.7. The zero-order valence-electron chi connectivity index (χ0n) is 13.7. The molecule has 118 valence electrons. The summed E-state index contributed by atoms with van der Waals surface area (Å²) < 4.78 is 2.03. The van der Waals surface area contributed by atoms with Gasteiger partial charge in [-0.25, -0.2) is 0 Å². The summed E-state index contributed by atoms with van der Waals surface area (Å²) in [5.74, 6) is 0.107. The number of rotatable bonds is 5. The number of hydrogen-bond donors (Lipinski definition) is 0. The lowest BCUT2D eigenvalue weighted by Crippen LogP contribution is -2.33. The van der Waals surface area contributed by atoms with Crippen LogP contribution in [-0.2, 0) is 17.8 Å². The van der Waals surface area contributed by atoms with E-state index in [0.29, 0.717) is 13.1 Å². The molecule has 1 heterocycles. The summed E-state index contributed by atoms with van der Waals surface area (Å²) in [7, 11) is 0. The molecule has 0 fully saturated rings. The molecule has 1 aromatic heterocycles. The summed E-state index contributed by atoms with van der Waals surface area (Å²) in [6, 6.07) is 18.4. The van der Waals surface area contributed by atoms with Gasteiger partial charge in [0.2, 0.25) is 5.91 Å². The van der Waals surface area contributed by atoms with E-state index < -0.39 is 0 Å². The maximum atomic E-state index is 12.7. The number of nitrogens with zero attached hydrogens (tertiary/aromatic N) is 2. The van der Waals surface area contributed by atoms with Gasteiger partial charge >= 0.3 is 0 Å². The molecule has 3 heteroatoms. The molecule has 0 saturated heterocycles. The molecule has 3 nitrogen and oxygen atoms in total. The minimum atomic E-state index is 0.107. The largest absolute Gasteiger partial charge is 0.338 e. The minimum Gasteiger partial charge on any atom is -0.338 e. The van der Waals surface area contributed by atoms with Crippen molar-refractivity contribution in [3.63, 3.8) is 0 Å². The van der Waals surface area contributed by atoms with Gasteiger partial charge in [0, 0.05) is 23.9 Å². The maximum Gasteiger partial charge on any atom is 0.246 e. The van der Waals surface area contributed by atoms with Crippen LogP contribution in [0.4, 0.5) is 5.69 Å². The molecule has 0 N–H and O–H groups in total. The van der Waals surface area contributed by atoms with Gasteiger partial charge < -0.3 is 9.47 Å². The summed E-state index contributed by atoms with van der Waals surface area (Å²) in [5, 5.41) is 1.19. The average molecular weight is 306 g/mol. The Morgan fingerprint density at radius 2 is 1.83 bits per heavy atom. The molecule has 0 aliphatic rings. The quantitative estimate of drug-likeness (QED) is 0.691. The van der Waals surface area contributed by atoms with Crippen molar-refractivity contribution >= 4 is 22.5 Å². The molecule has 3 aromatic rings. The second-order valence-corrected chi connectivity index (χ2v) is 5.66. The van der Waals surface area contributed by atoms with Gasteiger partial charge in [0.1, 0.15) is 6.54 Å². The second-order valence-electron chi connectivity index (χ2n) is 5.66. The van der Waals surface area contributed by atoms with E-state index in [1.54, 1.807) is 0 Å². The Morgan fingerprint density at radius 3 is 2.52 bits per heavy atom. The number of carbonyl (C=O) groups excluding carboxylic acids is 1. The van der Waals surface area contributed by atoms with E-state index in [2.05, 4.69) is 31.2 Å². The predicted molar refractivity (Wildman–Crippen MR) is 95.8 cm³/mol. The lowest BCUT2D eigenvalue weighted by molar-refractivity contribution is -0.119. The molecule has 0 atom stereocenters. The SMILES string of the molecule is CCc1ccc2c(ccn2CC(=O)N(CC)c2ccccc2)c1. The monoisotopic (exact) mass is 306 g/mol. The summed E-state index contributed by atoms with van der Waals surface area (Å²) in [6.45, 7) is 5.19. The van der Waals surface area contributed by atoms with Gasteiger partial charge in [-0.05, 0) is 54.6 Å². The molecule has 0 aliphatic heterocycles. The molecular weight excluding hydrogens is 284 g/mol. The third-order valence-electron chi connectivity index (χ3n) is 4.23. The van der Waals surface area contributed by atoms with Crippen LogP contribution < -0.4 is 4.90 Å². The van der Waals surface area contributed by atoms with Crippen molar-refractivity contribution in [2.45, 2.75) is 26.8 Å². The van der Waals surface area contributed by atoms with Crippen molar-refractivity contribution in [1.29, 1.82) is 0 Å². The highest BCUT2D eigenvalue weighted by atomic mass is 16.2. The summed E-state index contributed by atoms with van der Waals surface area (Å²) >= 11 is 0. The maximum absolute atomic E-state index is 12.7. The summed E-state index contributed by atoms with van der Waals surface area (Å²) in [6.07, 6.45) is 3.03. The van der Waals surface area contributed by atoms with Crippen molar-refractivity contribution in [3.05, 3.63) is 66.4 Å². The normalized spacial score (nSPS) is 10.9. The minimum absolute atomic E-state index is 0.107. The number of carbonyl (C=O) groups is 1. The summed E-state index contributed by atoms with van der Waals surface area (Å²) in [5.41, 5.74) is 3.38. The molecule has 23 heavy (non-hydrogen) atoms. The Morgan fingerprint density at radius 1 is 1.04 bits per heavy atom. The Hall–Kier alpha value is -2.55. The van der Waals surface area contributed by atoms with Crippen molar-refractivity contribution in [2.24, 2.45) is 0 Å². The second kappa shape index (κ2) is 6.69. The third-order valence-corrected chi connectivity index (χ3v) is 4.23. The van der Waals surface area contributed by atoms with E-state index >= 15 is 0 Å². The lowest BCUT2D eigenvalue weighted by Gasteiger charge is -2.21. The predicted octanol–water partition coefficient (Wildman–Crippen LogP) is 4.26. The van der Waals surface area contributed by atoms with Crippen LogP contribution in [0.3, 0.4) is 0 Å². The number of amides is 1. The van der Waals surface area contributed by atoms with E-state index in [9.17, 15) is 4.79 Å². The first kappa shape index (κ1) is 15.3. The number of likely N-dealkylation sites (N-methyl/N-ethyl adjacent to an activating group) is 1. The molecule has 3 rings (SSSR count). The van der Waals surface area contributed by atoms with Gasteiger partial charge in [-0.15, -0.1) is 0 Å². The topological polar surface area (TPSA) is 25.2 Å². The van der Waals surface area contributed by atoms with Crippen LogP contribution in [-0.4, -0.2) is 17.0 Å². The molecule has 0 saturated carbocycles. The van der Waals surface area contributed by atoms with Crippen molar-refractivity contribution in [3.8, 4) is 0 Å². The standard InChI is InChI=1S/C20H22N2O/c1-3-16-10-11-19-17(14-16)12-13-21(19)15-20(23)22(4-2)18-8-6-5-7-9-18/h5-14H,3-4,15H2,1-2H3. The number of aryl methyl sites for hydroxylation is 1. The first-order valence-electron chi connectivity index (χ1n) is 8.16. The van der Waals surface area contributed by atoms with Gasteiger partial charge in [0.25, 0.3) is 0 Å². The number of anilines is 1. The highest BCUT2D eigenvalue weighted by Gasteiger charge is 2.15. The number of fused-ring (bicyclic) bond motifs is 1. The first-order valence-corrected chi connectivity index (χ1v) is 8.16. The van der Waals surface area contributed by atoms with Crippen LogP contribution in [0, 0.1) is 0 Å². The van der Waals surface area contributed by atoms with E-state index in [-0.39, 0.29) is 5.91 Å². The number of hydrogen-bond acceptors (Lipinski definition) is 1. The van der Waals surface area contributed by atoms with Gasteiger partial charge in [0.15, 0.2) is 0 Å². The number of benzene rings is 2. The first-order chi connectivity index (χ1) is 11.2. The number of para-hydroxylation sites is 1. The number of aromatic nitrogens is 1. The lowest BCUT2D eigenvalue weighted by atomic mass is 10.1. The van der Waals surface area contributed by atoms with E-state index in [0.717, 1.165) is 17.6 Å². The molecule has 0 spiro atoms. The Balaban J connectivity index is 1.85. The highest BCUT2D eigenvalue weighted by Crippen LogP contribution is 2.19. The van der Waals surface area contributed by atoms with Crippen LogP contribution in [0.1, 0.15) is 19.4 Å². The van der Waals surface area contributed by atoms with Crippen LogP contribution in [0.5, 0.6) is 0 Å².